The highest BCUT2D eigenvalue weighted by Crippen LogP contribution is 2.08. The van der Waals surface area contributed by atoms with E-state index in [0.717, 1.165) is 19.4 Å². The lowest BCUT2D eigenvalue weighted by Crippen LogP contribution is -2.42. The maximum atomic E-state index is 9.24. The van der Waals surface area contributed by atoms with Crippen LogP contribution >= 0.6 is 0 Å². The van der Waals surface area contributed by atoms with Gasteiger partial charge in [0.05, 0.1) is 19.8 Å². The van der Waals surface area contributed by atoms with Crippen molar-refractivity contribution in [2.45, 2.75) is 25.0 Å². The maximum absolute atomic E-state index is 9.24. The van der Waals surface area contributed by atoms with Gasteiger partial charge in [-0.3, -0.25) is 0 Å². The summed E-state index contributed by atoms with van der Waals surface area (Å²) < 4.78 is 0. The van der Waals surface area contributed by atoms with Crippen molar-refractivity contribution in [2.24, 2.45) is 0 Å². The van der Waals surface area contributed by atoms with Crippen molar-refractivity contribution < 1.29 is 14.9 Å². The summed E-state index contributed by atoms with van der Waals surface area (Å²) in [6.07, 6.45) is 1.41. The third-order valence-electron chi connectivity index (χ3n) is 1.85. The first kappa shape index (κ1) is 8.93. The summed E-state index contributed by atoms with van der Waals surface area (Å²) in [5, 5.41) is 12.5. The molecule has 2 atom stereocenters. The SMILES string of the molecule is COOCC1CC(O)CCN1. The normalized spacial score (nSPS) is 32.2. The molecule has 0 bridgehead atoms. The Morgan fingerprint density at radius 3 is 3.09 bits per heavy atom. The van der Waals surface area contributed by atoms with Gasteiger partial charge in [0.1, 0.15) is 0 Å². The Morgan fingerprint density at radius 1 is 1.64 bits per heavy atom. The van der Waals surface area contributed by atoms with Crippen LogP contribution in [0.15, 0.2) is 0 Å². The van der Waals surface area contributed by atoms with Crippen molar-refractivity contribution in [1.82, 2.24) is 5.32 Å². The van der Waals surface area contributed by atoms with Crippen molar-refractivity contribution in [3.8, 4) is 0 Å². The molecule has 0 amide bonds. The largest absolute Gasteiger partial charge is 0.393 e. The van der Waals surface area contributed by atoms with Crippen LogP contribution in [0.25, 0.3) is 0 Å². The third kappa shape index (κ3) is 3.16. The molecule has 0 aliphatic carbocycles. The Labute approximate surface area is 66.4 Å². The lowest BCUT2D eigenvalue weighted by molar-refractivity contribution is -0.277. The second kappa shape index (κ2) is 4.66. The standard InChI is InChI=1S/C7H15NO3/c1-10-11-5-6-4-7(9)2-3-8-6/h6-9H,2-5H2,1H3. The molecule has 1 rings (SSSR count). The fourth-order valence-electron chi connectivity index (χ4n) is 1.26. The number of hydrogen-bond acceptors (Lipinski definition) is 4. The lowest BCUT2D eigenvalue weighted by Gasteiger charge is -2.26. The molecule has 2 N–H and O–H groups in total. The Kier molecular flexibility index (Phi) is 3.79. The van der Waals surface area contributed by atoms with Crippen molar-refractivity contribution in [2.75, 3.05) is 20.3 Å². The summed E-state index contributed by atoms with van der Waals surface area (Å²) in [7, 11) is 1.49. The van der Waals surface area contributed by atoms with Crippen LogP contribution in [-0.4, -0.2) is 37.5 Å². The zero-order valence-electron chi connectivity index (χ0n) is 6.75. The van der Waals surface area contributed by atoms with Crippen molar-refractivity contribution in [3.05, 3.63) is 0 Å². The van der Waals surface area contributed by atoms with Crippen LogP contribution in [0, 0.1) is 0 Å². The minimum Gasteiger partial charge on any atom is -0.393 e. The summed E-state index contributed by atoms with van der Waals surface area (Å²) in [4.78, 5) is 9.21. The molecule has 0 radical (unpaired) electrons. The molecule has 1 aliphatic heterocycles. The molecule has 0 aromatic carbocycles. The second-order valence-corrected chi connectivity index (χ2v) is 2.78. The van der Waals surface area contributed by atoms with Gasteiger partial charge in [0, 0.05) is 6.04 Å². The Bertz CT molecular complexity index is 110. The van der Waals surface area contributed by atoms with Gasteiger partial charge in [0.25, 0.3) is 0 Å². The number of aliphatic hydroxyl groups excluding tert-OH is 1. The smallest absolute Gasteiger partial charge is 0.0976 e. The molecule has 2 unspecified atom stereocenters. The number of rotatable bonds is 3. The van der Waals surface area contributed by atoms with Gasteiger partial charge in [0.15, 0.2) is 0 Å². The molecule has 4 heteroatoms. The van der Waals surface area contributed by atoms with Crippen LogP contribution in [0.1, 0.15) is 12.8 Å². The zero-order chi connectivity index (χ0) is 8.10. The summed E-state index contributed by atoms with van der Waals surface area (Å²) in [5.41, 5.74) is 0. The van der Waals surface area contributed by atoms with E-state index in [1.54, 1.807) is 0 Å². The zero-order valence-corrected chi connectivity index (χ0v) is 6.75. The highest BCUT2D eigenvalue weighted by Gasteiger charge is 2.19. The fourth-order valence-corrected chi connectivity index (χ4v) is 1.26. The quantitative estimate of drug-likeness (QED) is 0.440. The Morgan fingerprint density at radius 2 is 2.45 bits per heavy atom. The van der Waals surface area contributed by atoms with Crippen LogP contribution in [0.2, 0.25) is 0 Å². The van der Waals surface area contributed by atoms with Gasteiger partial charge in [0.2, 0.25) is 0 Å². The van der Waals surface area contributed by atoms with Crippen LogP contribution < -0.4 is 5.32 Å². The molecule has 1 saturated heterocycles. The van der Waals surface area contributed by atoms with E-state index in [-0.39, 0.29) is 12.1 Å². The summed E-state index contributed by atoms with van der Waals surface area (Å²) >= 11 is 0. The highest BCUT2D eigenvalue weighted by atomic mass is 17.2. The number of piperidine rings is 1. The molecule has 66 valence electrons. The van der Waals surface area contributed by atoms with Crippen LogP contribution in [-0.2, 0) is 9.78 Å². The minimum atomic E-state index is -0.179. The van der Waals surface area contributed by atoms with E-state index in [2.05, 4.69) is 10.2 Å². The molecule has 0 spiro atoms. The molecular formula is C7H15NO3. The predicted octanol–water partition coefficient (Wildman–Crippen LogP) is -0.323. The van der Waals surface area contributed by atoms with Gasteiger partial charge >= 0.3 is 0 Å². The van der Waals surface area contributed by atoms with Crippen molar-refractivity contribution in [3.63, 3.8) is 0 Å². The molecule has 11 heavy (non-hydrogen) atoms. The molecule has 1 heterocycles. The van der Waals surface area contributed by atoms with Gasteiger partial charge in [-0.15, -0.1) is 0 Å². The number of hydrogen-bond donors (Lipinski definition) is 2. The molecule has 1 fully saturated rings. The van der Waals surface area contributed by atoms with E-state index >= 15 is 0 Å². The van der Waals surface area contributed by atoms with Gasteiger partial charge in [-0.05, 0) is 19.4 Å². The highest BCUT2D eigenvalue weighted by molar-refractivity contribution is 4.76. The fraction of sp³-hybridized carbons (Fsp3) is 1.00. The lowest BCUT2D eigenvalue weighted by atomic mass is 10.0. The Balaban J connectivity index is 2.12. The molecule has 0 saturated carbocycles. The number of nitrogens with one attached hydrogen (secondary N) is 1. The van der Waals surface area contributed by atoms with Crippen molar-refractivity contribution >= 4 is 0 Å². The van der Waals surface area contributed by atoms with E-state index in [9.17, 15) is 5.11 Å². The van der Waals surface area contributed by atoms with Gasteiger partial charge in [-0.2, -0.15) is 0 Å². The first-order valence-corrected chi connectivity index (χ1v) is 3.90. The molecule has 4 nitrogen and oxygen atoms in total. The molecule has 1 aliphatic rings. The van der Waals surface area contributed by atoms with E-state index in [1.165, 1.54) is 7.11 Å². The number of aliphatic hydroxyl groups is 1. The predicted molar refractivity (Wildman–Crippen MR) is 40.0 cm³/mol. The van der Waals surface area contributed by atoms with Gasteiger partial charge < -0.3 is 10.4 Å². The second-order valence-electron chi connectivity index (χ2n) is 2.78. The van der Waals surface area contributed by atoms with Crippen LogP contribution in [0.3, 0.4) is 0 Å². The molecule has 0 aromatic rings. The Hall–Kier alpha value is -0.160. The van der Waals surface area contributed by atoms with Gasteiger partial charge in [-0.1, -0.05) is 0 Å². The van der Waals surface area contributed by atoms with Crippen molar-refractivity contribution in [1.29, 1.82) is 0 Å². The monoisotopic (exact) mass is 161 g/mol. The van der Waals surface area contributed by atoms with Gasteiger partial charge in [-0.25, -0.2) is 9.78 Å². The molecule has 0 aromatic heterocycles. The molecular weight excluding hydrogens is 146 g/mol. The van der Waals surface area contributed by atoms with Crippen LogP contribution in [0.4, 0.5) is 0 Å². The minimum absolute atomic E-state index is 0.179. The van der Waals surface area contributed by atoms with E-state index < -0.39 is 0 Å². The first-order valence-electron chi connectivity index (χ1n) is 3.90. The average Bonchev–Trinajstić information content (AvgIpc) is 2.01. The third-order valence-corrected chi connectivity index (χ3v) is 1.85. The first-order chi connectivity index (χ1) is 5.33. The summed E-state index contributed by atoms with van der Waals surface area (Å²) in [5.74, 6) is 0. The average molecular weight is 161 g/mol. The summed E-state index contributed by atoms with van der Waals surface area (Å²) in [6, 6.07) is 0.235. The van der Waals surface area contributed by atoms with E-state index in [0.29, 0.717) is 6.61 Å². The van der Waals surface area contributed by atoms with E-state index in [4.69, 9.17) is 4.89 Å². The maximum Gasteiger partial charge on any atom is 0.0976 e. The van der Waals surface area contributed by atoms with E-state index in [1.807, 2.05) is 0 Å². The summed E-state index contributed by atoms with van der Waals surface area (Å²) in [6.45, 7) is 1.37. The van der Waals surface area contributed by atoms with Crippen LogP contribution in [0.5, 0.6) is 0 Å². The topological polar surface area (TPSA) is 50.7 Å².